The van der Waals surface area contributed by atoms with E-state index in [2.05, 4.69) is 24.5 Å². The van der Waals surface area contributed by atoms with Crippen molar-refractivity contribution in [3.8, 4) is 0 Å². The molecule has 0 heterocycles. The van der Waals surface area contributed by atoms with Crippen LogP contribution >= 0.6 is 0 Å². The molecule has 0 radical (unpaired) electrons. The molecule has 0 aliphatic rings. The fraction of sp³-hybridized carbons (Fsp3) is 0.786. The number of rotatable bonds is 8. The highest BCUT2D eigenvalue weighted by Crippen LogP contribution is 1.99. The van der Waals surface area contributed by atoms with E-state index >= 15 is 0 Å². The molecule has 0 spiro atoms. The smallest absolute Gasteiger partial charge is 0.217 e. The van der Waals surface area contributed by atoms with Crippen molar-refractivity contribution in [2.45, 2.75) is 65.5 Å². The SMILES string of the molecule is CC(=O)NC[C@@H](O)CC[C@H](C=O)NC(C)=O.CCCC. The van der Waals surface area contributed by atoms with Crippen LogP contribution in [0.3, 0.4) is 0 Å². The van der Waals surface area contributed by atoms with Gasteiger partial charge in [-0.05, 0) is 12.8 Å². The lowest BCUT2D eigenvalue weighted by molar-refractivity contribution is -0.122. The van der Waals surface area contributed by atoms with Gasteiger partial charge in [-0.1, -0.05) is 26.7 Å². The summed E-state index contributed by atoms with van der Waals surface area (Å²) in [7, 11) is 0. The van der Waals surface area contributed by atoms with E-state index in [-0.39, 0.29) is 18.4 Å². The average molecular weight is 288 g/mol. The lowest BCUT2D eigenvalue weighted by atomic mass is 10.1. The topological polar surface area (TPSA) is 95.5 Å². The molecular formula is C14H28N2O4. The van der Waals surface area contributed by atoms with Gasteiger partial charge >= 0.3 is 0 Å². The van der Waals surface area contributed by atoms with Crippen LogP contribution in [0.1, 0.15) is 53.4 Å². The Morgan fingerprint density at radius 2 is 1.65 bits per heavy atom. The number of hydrogen-bond donors (Lipinski definition) is 3. The lowest BCUT2D eigenvalue weighted by Crippen LogP contribution is -2.36. The molecule has 0 saturated carbocycles. The van der Waals surface area contributed by atoms with Crippen molar-refractivity contribution in [3.63, 3.8) is 0 Å². The zero-order chi connectivity index (χ0) is 16.0. The second-order valence-electron chi connectivity index (χ2n) is 4.61. The van der Waals surface area contributed by atoms with Crippen LogP contribution in [-0.2, 0) is 14.4 Å². The van der Waals surface area contributed by atoms with Gasteiger partial charge in [0.05, 0.1) is 12.1 Å². The molecule has 2 atom stereocenters. The maximum atomic E-state index is 10.7. The highest BCUT2D eigenvalue weighted by Gasteiger charge is 2.12. The average Bonchev–Trinajstić information content (AvgIpc) is 2.40. The third kappa shape index (κ3) is 16.6. The van der Waals surface area contributed by atoms with Crippen LogP contribution in [0.2, 0.25) is 0 Å². The second kappa shape index (κ2) is 14.0. The normalized spacial score (nSPS) is 12.4. The van der Waals surface area contributed by atoms with Gasteiger partial charge in [0, 0.05) is 20.4 Å². The van der Waals surface area contributed by atoms with Gasteiger partial charge in [0.2, 0.25) is 11.8 Å². The van der Waals surface area contributed by atoms with Crippen molar-refractivity contribution in [3.05, 3.63) is 0 Å². The van der Waals surface area contributed by atoms with E-state index in [0.717, 1.165) is 0 Å². The molecule has 0 saturated heterocycles. The third-order valence-corrected chi connectivity index (χ3v) is 2.45. The minimum Gasteiger partial charge on any atom is -0.391 e. The van der Waals surface area contributed by atoms with E-state index < -0.39 is 12.1 Å². The molecule has 6 heteroatoms. The molecule has 0 unspecified atom stereocenters. The predicted octanol–water partition coefficient (Wildman–Crippen LogP) is 0.774. The van der Waals surface area contributed by atoms with Crippen molar-refractivity contribution in [1.29, 1.82) is 0 Å². The number of carbonyl (C=O) groups excluding carboxylic acids is 3. The van der Waals surface area contributed by atoms with Gasteiger partial charge in [0.25, 0.3) is 0 Å². The number of aliphatic hydroxyl groups excluding tert-OH is 1. The highest BCUT2D eigenvalue weighted by molar-refractivity contribution is 5.77. The monoisotopic (exact) mass is 288 g/mol. The van der Waals surface area contributed by atoms with Gasteiger partial charge in [-0.2, -0.15) is 0 Å². The standard InChI is InChI=1S/C10H18N2O4.C4H10/c1-7(14)11-5-10(16)4-3-9(6-13)12-8(2)15;1-3-4-2/h6,9-10,16H,3-5H2,1-2H3,(H,11,14)(H,12,15);3-4H2,1-2H3/t9-,10+;/m1./s1. The minimum atomic E-state index is -0.708. The highest BCUT2D eigenvalue weighted by atomic mass is 16.3. The van der Waals surface area contributed by atoms with E-state index in [9.17, 15) is 19.5 Å². The quantitative estimate of drug-likeness (QED) is 0.575. The molecule has 0 aliphatic heterocycles. The number of aliphatic hydroxyl groups is 1. The number of unbranched alkanes of at least 4 members (excludes halogenated alkanes) is 1. The number of hydrogen-bond acceptors (Lipinski definition) is 4. The molecule has 2 amide bonds. The van der Waals surface area contributed by atoms with Crippen molar-refractivity contribution in [2.75, 3.05) is 6.54 Å². The fourth-order valence-electron chi connectivity index (χ4n) is 1.17. The summed E-state index contributed by atoms with van der Waals surface area (Å²) >= 11 is 0. The van der Waals surface area contributed by atoms with Crippen LogP contribution in [0.15, 0.2) is 0 Å². The summed E-state index contributed by atoms with van der Waals surface area (Å²) < 4.78 is 0. The zero-order valence-corrected chi connectivity index (χ0v) is 12.9. The molecule has 0 rings (SSSR count). The molecule has 118 valence electrons. The maximum absolute atomic E-state index is 10.7. The third-order valence-electron chi connectivity index (χ3n) is 2.45. The van der Waals surface area contributed by atoms with Gasteiger partial charge in [-0.3, -0.25) is 9.59 Å². The van der Waals surface area contributed by atoms with Crippen LogP contribution in [0.5, 0.6) is 0 Å². The Morgan fingerprint density at radius 1 is 1.10 bits per heavy atom. The Kier molecular flexibility index (Phi) is 14.6. The lowest BCUT2D eigenvalue weighted by Gasteiger charge is -2.14. The first-order valence-electron chi connectivity index (χ1n) is 7.02. The van der Waals surface area contributed by atoms with E-state index in [4.69, 9.17) is 0 Å². The van der Waals surface area contributed by atoms with Crippen molar-refractivity contribution in [2.24, 2.45) is 0 Å². The van der Waals surface area contributed by atoms with E-state index in [0.29, 0.717) is 19.1 Å². The van der Waals surface area contributed by atoms with Gasteiger partial charge in [0.1, 0.15) is 6.29 Å². The van der Waals surface area contributed by atoms with E-state index in [1.807, 2.05) is 0 Å². The van der Waals surface area contributed by atoms with Crippen molar-refractivity contribution < 1.29 is 19.5 Å². The largest absolute Gasteiger partial charge is 0.391 e. The molecule has 0 aliphatic carbocycles. The van der Waals surface area contributed by atoms with Gasteiger partial charge in [-0.15, -0.1) is 0 Å². The summed E-state index contributed by atoms with van der Waals surface area (Å²) in [6.45, 7) is 7.20. The molecular weight excluding hydrogens is 260 g/mol. The summed E-state index contributed by atoms with van der Waals surface area (Å²) in [4.78, 5) is 31.8. The molecule has 20 heavy (non-hydrogen) atoms. The second-order valence-corrected chi connectivity index (χ2v) is 4.61. The van der Waals surface area contributed by atoms with E-state index in [1.54, 1.807) is 0 Å². The minimum absolute atomic E-state index is 0.154. The first-order chi connectivity index (χ1) is 9.37. The zero-order valence-electron chi connectivity index (χ0n) is 12.9. The Balaban J connectivity index is 0. The number of aldehydes is 1. The maximum Gasteiger partial charge on any atom is 0.217 e. The summed E-state index contributed by atoms with van der Waals surface area (Å²) in [5.74, 6) is -0.499. The molecule has 6 nitrogen and oxygen atoms in total. The van der Waals surface area contributed by atoms with Crippen LogP contribution in [0.4, 0.5) is 0 Å². The van der Waals surface area contributed by atoms with Crippen molar-refractivity contribution >= 4 is 18.1 Å². The summed E-state index contributed by atoms with van der Waals surface area (Å²) in [6.07, 6.45) is 3.25. The molecule has 0 aromatic rings. The van der Waals surface area contributed by atoms with Gasteiger partial charge in [0.15, 0.2) is 0 Å². The summed E-state index contributed by atoms with van der Waals surface area (Å²) in [5, 5.41) is 14.3. The molecule has 0 fully saturated rings. The van der Waals surface area contributed by atoms with Crippen LogP contribution < -0.4 is 10.6 Å². The Hall–Kier alpha value is -1.43. The molecule has 0 bridgehead atoms. The Bertz CT molecular complexity index is 280. The molecule has 3 N–H and O–H groups in total. The van der Waals surface area contributed by atoms with Crippen LogP contribution in [0, 0.1) is 0 Å². The molecule has 0 aromatic carbocycles. The molecule has 0 aromatic heterocycles. The fourth-order valence-corrected chi connectivity index (χ4v) is 1.17. The van der Waals surface area contributed by atoms with Crippen molar-refractivity contribution in [1.82, 2.24) is 10.6 Å². The first-order valence-corrected chi connectivity index (χ1v) is 7.02. The number of amides is 2. The Morgan fingerprint density at radius 3 is 2.00 bits per heavy atom. The van der Waals surface area contributed by atoms with Crippen LogP contribution in [0.25, 0.3) is 0 Å². The first kappa shape index (κ1) is 20.9. The van der Waals surface area contributed by atoms with E-state index in [1.165, 1.54) is 26.7 Å². The number of nitrogens with one attached hydrogen (secondary N) is 2. The predicted molar refractivity (Wildman–Crippen MR) is 78.2 cm³/mol. The van der Waals surface area contributed by atoms with Gasteiger partial charge < -0.3 is 20.5 Å². The number of carbonyl (C=O) groups is 3. The van der Waals surface area contributed by atoms with Crippen LogP contribution in [-0.4, -0.2) is 41.9 Å². The Labute approximate surface area is 121 Å². The summed E-state index contributed by atoms with van der Waals surface area (Å²) in [5.41, 5.74) is 0. The van der Waals surface area contributed by atoms with Gasteiger partial charge in [-0.25, -0.2) is 0 Å². The summed E-state index contributed by atoms with van der Waals surface area (Å²) in [6, 6.07) is -0.579.